The monoisotopic (exact) mass is 466 g/mol. The summed E-state index contributed by atoms with van der Waals surface area (Å²) in [7, 11) is 0. The number of benzene rings is 2. The zero-order chi connectivity index (χ0) is 22.0. The molecular weight excluding hydrogens is 451 g/mol. The average Bonchev–Trinajstić information content (AvgIpc) is 2.65. The topological polar surface area (TPSA) is 75.7 Å². The summed E-state index contributed by atoms with van der Waals surface area (Å²) in [6.45, 7) is 4.30. The Kier molecular flexibility index (Phi) is 6.71. The predicted molar refractivity (Wildman–Crippen MR) is 117 cm³/mol. The number of imide groups is 2. The molecule has 3 rings (SSSR count). The van der Waals surface area contributed by atoms with E-state index in [1.54, 1.807) is 0 Å². The minimum Gasteiger partial charge on any atom is -0.491 e. The highest BCUT2D eigenvalue weighted by Gasteiger charge is 2.37. The molecule has 1 N–H and O–H groups in total. The first kappa shape index (κ1) is 22.2. The summed E-state index contributed by atoms with van der Waals surface area (Å²) < 4.78 is 5.77. The molecule has 0 saturated carbocycles. The third-order valence-corrected chi connectivity index (χ3v) is 4.84. The Morgan fingerprint density at radius 2 is 1.70 bits per heavy atom. The normalized spacial score (nSPS) is 15.7. The molecule has 1 heterocycles. The van der Waals surface area contributed by atoms with Crippen LogP contribution >= 0.6 is 34.8 Å². The fourth-order valence-electron chi connectivity index (χ4n) is 2.73. The number of rotatable bonds is 5. The van der Waals surface area contributed by atoms with Crippen LogP contribution < -0.4 is 15.0 Å². The minimum absolute atomic E-state index is 0.217. The Morgan fingerprint density at radius 3 is 2.33 bits per heavy atom. The summed E-state index contributed by atoms with van der Waals surface area (Å²) in [5, 5.41) is 3.15. The van der Waals surface area contributed by atoms with E-state index < -0.39 is 17.8 Å². The lowest BCUT2D eigenvalue weighted by atomic mass is 10.1. The first-order valence-electron chi connectivity index (χ1n) is 8.96. The number of carbonyl (C=O) groups excluding carboxylic acids is 3. The van der Waals surface area contributed by atoms with Crippen molar-refractivity contribution in [2.75, 3.05) is 11.5 Å². The van der Waals surface area contributed by atoms with Gasteiger partial charge in [0.05, 0.1) is 17.3 Å². The number of amides is 4. The van der Waals surface area contributed by atoms with Gasteiger partial charge in [-0.15, -0.1) is 0 Å². The van der Waals surface area contributed by atoms with E-state index in [1.165, 1.54) is 42.5 Å². The summed E-state index contributed by atoms with van der Waals surface area (Å²) in [6, 6.07) is 8.25. The van der Waals surface area contributed by atoms with Gasteiger partial charge in [0.25, 0.3) is 11.8 Å². The molecule has 0 bridgehead atoms. The number of barbiturate groups is 1. The second-order valence-electron chi connectivity index (χ2n) is 6.95. The molecule has 2 aromatic rings. The quantitative estimate of drug-likeness (QED) is 0.475. The number of nitrogens with zero attached hydrogens (tertiary/aromatic N) is 1. The molecule has 0 aliphatic carbocycles. The Bertz CT molecular complexity index is 1050. The molecule has 30 heavy (non-hydrogen) atoms. The number of anilines is 1. The second kappa shape index (κ2) is 9.08. The maximum Gasteiger partial charge on any atom is 0.335 e. The summed E-state index contributed by atoms with van der Waals surface area (Å²) in [5.74, 6) is -1.12. The molecule has 0 spiro atoms. The van der Waals surface area contributed by atoms with Crippen molar-refractivity contribution in [2.24, 2.45) is 5.92 Å². The van der Waals surface area contributed by atoms with Crippen LogP contribution in [-0.2, 0) is 9.59 Å². The molecule has 6 nitrogen and oxygen atoms in total. The van der Waals surface area contributed by atoms with Gasteiger partial charge in [-0.1, -0.05) is 48.7 Å². The number of carbonyl (C=O) groups is 3. The molecule has 1 fully saturated rings. The lowest BCUT2D eigenvalue weighted by molar-refractivity contribution is -0.122. The average molecular weight is 468 g/mol. The molecule has 0 atom stereocenters. The summed E-state index contributed by atoms with van der Waals surface area (Å²) in [4.78, 5) is 38.6. The van der Waals surface area contributed by atoms with Crippen LogP contribution in [0.25, 0.3) is 6.08 Å². The molecule has 1 aliphatic rings. The fraction of sp³-hybridized carbons (Fsp3) is 0.190. The first-order valence-corrected chi connectivity index (χ1v) is 10.1. The largest absolute Gasteiger partial charge is 0.491 e. The van der Waals surface area contributed by atoms with Crippen LogP contribution in [0.2, 0.25) is 15.1 Å². The number of halogens is 3. The van der Waals surface area contributed by atoms with Crippen molar-refractivity contribution in [1.29, 1.82) is 0 Å². The SMILES string of the molecule is CC(C)COc1c(Cl)cc(Cl)cc1/C=C1\C(=O)NC(=O)N(c2ccc(Cl)cc2)C1=O. The minimum atomic E-state index is -0.857. The Balaban J connectivity index is 2.05. The molecule has 1 saturated heterocycles. The Hall–Kier alpha value is -2.54. The van der Waals surface area contributed by atoms with Gasteiger partial charge >= 0.3 is 6.03 Å². The molecule has 0 radical (unpaired) electrons. The van der Waals surface area contributed by atoms with Crippen molar-refractivity contribution in [1.82, 2.24) is 5.32 Å². The molecule has 156 valence electrons. The molecule has 9 heteroatoms. The zero-order valence-electron chi connectivity index (χ0n) is 16.0. The Labute approximate surface area is 188 Å². The third kappa shape index (κ3) is 4.78. The lowest BCUT2D eigenvalue weighted by Gasteiger charge is -2.26. The van der Waals surface area contributed by atoms with Gasteiger partial charge in [0, 0.05) is 15.6 Å². The maximum absolute atomic E-state index is 13.0. The number of nitrogens with one attached hydrogen (secondary N) is 1. The fourth-order valence-corrected chi connectivity index (χ4v) is 3.42. The summed E-state index contributed by atoms with van der Waals surface area (Å²) >= 11 is 18.2. The lowest BCUT2D eigenvalue weighted by Crippen LogP contribution is -2.54. The van der Waals surface area contributed by atoms with Crippen molar-refractivity contribution in [2.45, 2.75) is 13.8 Å². The predicted octanol–water partition coefficient (Wildman–Crippen LogP) is 5.35. The number of hydrogen-bond acceptors (Lipinski definition) is 4. The van der Waals surface area contributed by atoms with Crippen LogP contribution in [0.1, 0.15) is 19.4 Å². The highest BCUT2D eigenvalue weighted by atomic mass is 35.5. The van der Waals surface area contributed by atoms with Gasteiger partial charge < -0.3 is 4.74 Å². The van der Waals surface area contributed by atoms with Crippen LogP contribution in [0.5, 0.6) is 5.75 Å². The van der Waals surface area contributed by atoms with Crippen molar-refractivity contribution in [3.05, 3.63) is 62.6 Å². The van der Waals surface area contributed by atoms with Crippen LogP contribution in [0.15, 0.2) is 42.0 Å². The third-order valence-electron chi connectivity index (χ3n) is 4.08. The van der Waals surface area contributed by atoms with Crippen molar-refractivity contribution >= 4 is 64.4 Å². The van der Waals surface area contributed by atoms with Crippen LogP contribution in [-0.4, -0.2) is 24.5 Å². The van der Waals surface area contributed by atoms with E-state index in [2.05, 4.69) is 5.32 Å². The molecule has 4 amide bonds. The van der Waals surface area contributed by atoms with Crippen molar-refractivity contribution in [3.8, 4) is 5.75 Å². The molecule has 0 aromatic heterocycles. The molecule has 0 unspecified atom stereocenters. The van der Waals surface area contributed by atoms with Gasteiger partial charge in [-0.25, -0.2) is 9.69 Å². The first-order chi connectivity index (χ1) is 14.2. The van der Waals surface area contributed by atoms with Crippen molar-refractivity contribution in [3.63, 3.8) is 0 Å². The highest BCUT2D eigenvalue weighted by molar-refractivity contribution is 6.40. The summed E-state index contributed by atoms with van der Waals surface area (Å²) in [6.07, 6.45) is 1.31. The molecule has 2 aromatic carbocycles. The van der Waals surface area contributed by atoms with Gasteiger partial charge in [-0.05, 0) is 48.4 Å². The standard InChI is InChI=1S/C21H17Cl3N2O4/c1-11(2)10-30-18-12(7-14(23)9-17(18)24)8-16-19(27)25-21(29)26(20(16)28)15-5-3-13(22)4-6-15/h3-9,11H,10H2,1-2H3,(H,25,27,29)/b16-8+. The van der Waals surface area contributed by atoms with E-state index in [0.29, 0.717) is 22.2 Å². The zero-order valence-corrected chi connectivity index (χ0v) is 18.3. The van der Waals surface area contributed by atoms with Crippen LogP contribution in [0.3, 0.4) is 0 Å². The van der Waals surface area contributed by atoms with E-state index in [4.69, 9.17) is 39.5 Å². The molecular formula is C21H17Cl3N2O4. The number of hydrogen-bond donors (Lipinski definition) is 1. The number of urea groups is 1. The second-order valence-corrected chi connectivity index (χ2v) is 8.23. The molecule has 1 aliphatic heterocycles. The van der Waals surface area contributed by atoms with Gasteiger partial charge in [0.15, 0.2) is 0 Å². The summed E-state index contributed by atoms with van der Waals surface area (Å²) in [5.41, 5.74) is 0.343. The Morgan fingerprint density at radius 1 is 1.03 bits per heavy atom. The van der Waals surface area contributed by atoms with Crippen LogP contribution in [0.4, 0.5) is 10.5 Å². The smallest absolute Gasteiger partial charge is 0.335 e. The van der Waals surface area contributed by atoms with Crippen LogP contribution in [0, 0.1) is 5.92 Å². The van der Waals surface area contributed by atoms with E-state index in [-0.39, 0.29) is 28.0 Å². The van der Waals surface area contributed by atoms with E-state index in [1.807, 2.05) is 13.8 Å². The highest BCUT2D eigenvalue weighted by Crippen LogP contribution is 2.35. The van der Waals surface area contributed by atoms with E-state index in [0.717, 1.165) is 4.90 Å². The van der Waals surface area contributed by atoms with Gasteiger partial charge in [0.2, 0.25) is 0 Å². The van der Waals surface area contributed by atoms with Gasteiger partial charge in [-0.3, -0.25) is 14.9 Å². The maximum atomic E-state index is 13.0. The van der Waals surface area contributed by atoms with Gasteiger partial charge in [-0.2, -0.15) is 0 Å². The van der Waals surface area contributed by atoms with Gasteiger partial charge in [0.1, 0.15) is 11.3 Å². The van der Waals surface area contributed by atoms with E-state index in [9.17, 15) is 14.4 Å². The van der Waals surface area contributed by atoms with E-state index >= 15 is 0 Å². The number of ether oxygens (including phenoxy) is 1. The van der Waals surface area contributed by atoms with Crippen molar-refractivity contribution < 1.29 is 19.1 Å².